The number of rotatable bonds is 3. The second kappa shape index (κ2) is 4.45. The van der Waals surface area contributed by atoms with Crippen molar-refractivity contribution in [2.45, 2.75) is 19.1 Å². The van der Waals surface area contributed by atoms with Gasteiger partial charge >= 0.3 is 12.1 Å². The van der Waals surface area contributed by atoms with E-state index in [-0.39, 0.29) is 13.2 Å². The molecule has 1 aliphatic rings. The van der Waals surface area contributed by atoms with E-state index in [0.717, 1.165) is 5.56 Å². The number of carbonyl (C=O) groups excluding carboxylic acids is 2. The highest BCUT2D eigenvalue weighted by atomic mass is 16.8. The average Bonchev–Trinajstić information content (AvgIpc) is 2.69. The Morgan fingerprint density at radius 1 is 1.41 bits per heavy atom. The molecule has 0 bridgehead atoms. The molecule has 5 nitrogen and oxygen atoms in total. The summed E-state index contributed by atoms with van der Waals surface area (Å²) in [5.41, 5.74) is -0.457. The minimum atomic E-state index is -1.33. The Morgan fingerprint density at radius 2 is 2.12 bits per heavy atom. The minimum Gasteiger partial charge on any atom is -0.458 e. The van der Waals surface area contributed by atoms with Crippen LogP contribution in [0.5, 0.6) is 0 Å². The smallest absolute Gasteiger partial charge is 0.458 e. The van der Waals surface area contributed by atoms with Crippen LogP contribution in [0.3, 0.4) is 0 Å². The molecule has 1 atom stereocenters. The summed E-state index contributed by atoms with van der Waals surface area (Å²) in [6.07, 6.45) is -0.843. The molecule has 1 aromatic rings. The number of benzene rings is 1. The van der Waals surface area contributed by atoms with Crippen molar-refractivity contribution < 1.29 is 23.8 Å². The van der Waals surface area contributed by atoms with Crippen molar-refractivity contribution in [2.75, 3.05) is 6.61 Å². The first-order chi connectivity index (χ1) is 8.10. The van der Waals surface area contributed by atoms with Crippen molar-refractivity contribution in [1.82, 2.24) is 0 Å². The van der Waals surface area contributed by atoms with Crippen LogP contribution in [0.2, 0.25) is 0 Å². The highest BCUT2D eigenvalue weighted by Gasteiger charge is 2.46. The SMILES string of the molecule is C[C@@]1(C(=O)OCc2ccccc2)COC(=O)O1. The molecular formula is C12H12O5. The minimum absolute atomic E-state index is 0.112. The van der Waals surface area contributed by atoms with E-state index in [0.29, 0.717) is 0 Å². The van der Waals surface area contributed by atoms with Gasteiger partial charge < -0.3 is 14.2 Å². The van der Waals surface area contributed by atoms with Crippen LogP contribution in [0, 0.1) is 0 Å². The van der Waals surface area contributed by atoms with Gasteiger partial charge in [0.1, 0.15) is 13.2 Å². The topological polar surface area (TPSA) is 61.8 Å². The van der Waals surface area contributed by atoms with Gasteiger partial charge in [-0.15, -0.1) is 0 Å². The highest BCUT2D eigenvalue weighted by Crippen LogP contribution is 2.21. The standard InChI is InChI=1S/C12H12O5/c1-12(8-16-11(14)17-12)10(13)15-7-9-5-3-2-4-6-9/h2-6H,7-8H2,1H3/t12-/m0/s1. The molecule has 0 unspecified atom stereocenters. The number of carbonyl (C=O) groups is 2. The maximum absolute atomic E-state index is 11.7. The van der Waals surface area contributed by atoms with E-state index in [9.17, 15) is 9.59 Å². The first kappa shape index (κ1) is 11.4. The van der Waals surface area contributed by atoms with E-state index in [1.54, 1.807) is 0 Å². The summed E-state index contributed by atoms with van der Waals surface area (Å²) in [5.74, 6) is -0.604. The van der Waals surface area contributed by atoms with Crippen molar-refractivity contribution in [1.29, 1.82) is 0 Å². The predicted octanol–water partition coefficient (Wildman–Crippen LogP) is 1.66. The van der Waals surface area contributed by atoms with Crippen LogP contribution in [0.1, 0.15) is 12.5 Å². The Labute approximate surface area is 98.3 Å². The fraction of sp³-hybridized carbons (Fsp3) is 0.333. The van der Waals surface area contributed by atoms with Gasteiger partial charge in [0.05, 0.1) is 0 Å². The van der Waals surface area contributed by atoms with E-state index >= 15 is 0 Å². The predicted molar refractivity (Wildman–Crippen MR) is 57.1 cm³/mol. The third-order valence-corrected chi connectivity index (χ3v) is 2.42. The van der Waals surface area contributed by atoms with Gasteiger partial charge in [0.15, 0.2) is 0 Å². The number of ether oxygens (including phenoxy) is 3. The number of esters is 1. The molecule has 90 valence electrons. The summed E-state index contributed by atoms with van der Waals surface area (Å²) < 4.78 is 14.4. The Hall–Kier alpha value is -2.04. The maximum Gasteiger partial charge on any atom is 0.509 e. The number of hydrogen-bond acceptors (Lipinski definition) is 5. The van der Waals surface area contributed by atoms with Crippen LogP contribution >= 0.6 is 0 Å². The summed E-state index contributed by atoms with van der Waals surface area (Å²) in [6, 6.07) is 9.26. The van der Waals surface area contributed by atoms with Crippen molar-refractivity contribution in [3.05, 3.63) is 35.9 Å². The van der Waals surface area contributed by atoms with Crippen molar-refractivity contribution >= 4 is 12.1 Å². The maximum atomic E-state index is 11.7. The Bertz CT molecular complexity index is 428. The van der Waals surface area contributed by atoms with Gasteiger partial charge in [-0.25, -0.2) is 9.59 Å². The summed E-state index contributed by atoms with van der Waals surface area (Å²) in [4.78, 5) is 22.5. The van der Waals surface area contributed by atoms with E-state index in [1.807, 2.05) is 30.3 Å². The molecule has 1 fully saturated rings. The van der Waals surface area contributed by atoms with Crippen LogP contribution in [-0.2, 0) is 25.6 Å². The lowest BCUT2D eigenvalue weighted by Crippen LogP contribution is -2.39. The van der Waals surface area contributed by atoms with E-state index in [1.165, 1.54) is 6.92 Å². The second-order valence-corrected chi connectivity index (χ2v) is 3.93. The molecule has 5 heteroatoms. The van der Waals surface area contributed by atoms with Gasteiger partial charge in [-0.3, -0.25) is 0 Å². The van der Waals surface area contributed by atoms with Crippen molar-refractivity contribution in [3.8, 4) is 0 Å². The molecule has 1 aromatic carbocycles. The first-order valence-electron chi connectivity index (χ1n) is 5.17. The Balaban J connectivity index is 1.92. The van der Waals surface area contributed by atoms with Gasteiger partial charge in [-0.1, -0.05) is 30.3 Å². The van der Waals surface area contributed by atoms with E-state index in [2.05, 4.69) is 4.74 Å². The number of cyclic esters (lactones) is 2. The average molecular weight is 236 g/mol. The molecule has 1 aliphatic heterocycles. The van der Waals surface area contributed by atoms with E-state index < -0.39 is 17.7 Å². The molecule has 1 heterocycles. The van der Waals surface area contributed by atoms with Crippen LogP contribution in [-0.4, -0.2) is 24.3 Å². The van der Waals surface area contributed by atoms with Crippen LogP contribution in [0.4, 0.5) is 4.79 Å². The Morgan fingerprint density at radius 3 is 2.71 bits per heavy atom. The fourth-order valence-corrected chi connectivity index (χ4v) is 1.42. The summed E-state index contributed by atoms with van der Waals surface area (Å²) in [6.45, 7) is 1.50. The summed E-state index contributed by atoms with van der Waals surface area (Å²) in [7, 11) is 0. The third-order valence-electron chi connectivity index (χ3n) is 2.42. The highest BCUT2D eigenvalue weighted by molar-refractivity contribution is 5.83. The van der Waals surface area contributed by atoms with Crippen molar-refractivity contribution in [2.24, 2.45) is 0 Å². The van der Waals surface area contributed by atoms with Gasteiger partial charge in [-0.2, -0.15) is 0 Å². The zero-order chi connectivity index (χ0) is 12.3. The second-order valence-electron chi connectivity index (χ2n) is 3.93. The normalized spacial score (nSPS) is 22.8. The molecule has 0 spiro atoms. The molecule has 0 amide bonds. The lowest BCUT2D eigenvalue weighted by Gasteiger charge is -2.17. The Kier molecular flexibility index (Phi) is 2.99. The molecule has 0 N–H and O–H groups in total. The molecule has 2 rings (SSSR count). The lowest BCUT2D eigenvalue weighted by molar-refractivity contribution is -0.161. The van der Waals surface area contributed by atoms with E-state index in [4.69, 9.17) is 9.47 Å². The zero-order valence-corrected chi connectivity index (χ0v) is 9.34. The monoisotopic (exact) mass is 236 g/mol. The quantitative estimate of drug-likeness (QED) is 0.747. The van der Waals surface area contributed by atoms with Crippen LogP contribution in [0.25, 0.3) is 0 Å². The molecule has 0 aliphatic carbocycles. The van der Waals surface area contributed by atoms with Crippen molar-refractivity contribution in [3.63, 3.8) is 0 Å². The zero-order valence-electron chi connectivity index (χ0n) is 9.34. The molecule has 0 aromatic heterocycles. The fourth-order valence-electron chi connectivity index (χ4n) is 1.42. The molecular weight excluding hydrogens is 224 g/mol. The first-order valence-corrected chi connectivity index (χ1v) is 5.17. The summed E-state index contributed by atoms with van der Waals surface area (Å²) in [5, 5.41) is 0. The third kappa shape index (κ3) is 2.55. The van der Waals surface area contributed by atoms with Gasteiger partial charge in [0.25, 0.3) is 0 Å². The molecule has 1 saturated heterocycles. The summed E-state index contributed by atoms with van der Waals surface area (Å²) >= 11 is 0. The molecule has 0 saturated carbocycles. The van der Waals surface area contributed by atoms with Crippen LogP contribution < -0.4 is 0 Å². The molecule has 17 heavy (non-hydrogen) atoms. The van der Waals surface area contributed by atoms with Crippen LogP contribution in [0.15, 0.2) is 30.3 Å². The molecule has 0 radical (unpaired) electrons. The largest absolute Gasteiger partial charge is 0.509 e. The van der Waals surface area contributed by atoms with Gasteiger partial charge in [-0.05, 0) is 12.5 Å². The lowest BCUT2D eigenvalue weighted by atomic mass is 10.1. The van der Waals surface area contributed by atoms with Gasteiger partial charge in [0.2, 0.25) is 5.60 Å². The number of hydrogen-bond donors (Lipinski definition) is 0. The van der Waals surface area contributed by atoms with Gasteiger partial charge in [0, 0.05) is 0 Å².